The van der Waals surface area contributed by atoms with E-state index in [1.54, 1.807) is 0 Å². The highest BCUT2D eigenvalue weighted by Gasteiger charge is 2.24. The summed E-state index contributed by atoms with van der Waals surface area (Å²) in [6.45, 7) is 9.28. The number of carbonyl (C=O) groups is 1. The number of aromatic amines is 1. The molecule has 0 radical (unpaired) electrons. The Morgan fingerprint density at radius 2 is 2.05 bits per heavy atom. The molecule has 2 N–H and O–H groups in total. The summed E-state index contributed by atoms with van der Waals surface area (Å²) in [4.78, 5) is 12.2. The highest BCUT2D eigenvalue weighted by molar-refractivity contribution is 6.04. The van der Waals surface area contributed by atoms with Crippen LogP contribution in [-0.2, 0) is 0 Å². The van der Waals surface area contributed by atoms with Gasteiger partial charge >= 0.3 is 0 Å². The van der Waals surface area contributed by atoms with E-state index in [0.717, 1.165) is 10.9 Å². The van der Waals surface area contributed by atoms with Gasteiger partial charge in [0.25, 0.3) is 5.91 Å². The Kier molecular flexibility index (Phi) is 3.60. The molecule has 0 atom stereocenters. The van der Waals surface area contributed by atoms with Gasteiger partial charge in [-0.1, -0.05) is 45.9 Å². The quantitative estimate of drug-likeness (QED) is 0.886. The Morgan fingerprint density at radius 3 is 2.74 bits per heavy atom. The summed E-state index contributed by atoms with van der Waals surface area (Å²) in [6, 6.07) is 7.65. The SMILES string of the molecule is CC(C)C(C)(C)CNC(=O)c1n[nH]c2ccccc12. The molecule has 1 aromatic carbocycles. The van der Waals surface area contributed by atoms with Crippen LogP contribution >= 0.6 is 0 Å². The lowest BCUT2D eigenvalue weighted by molar-refractivity contribution is 0.0921. The maximum atomic E-state index is 12.2. The fourth-order valence-electron chi connectivity index (χ4n) is 1.73. The number of carbonyl (C=O) groups excluding carboxylic acids is 1. The Labute approximate surface area is 113 Å². The molecule has 102 valence electrons. The molecule has 1 heterocycles. The fourth-order valence-corrected chi connectivity index (χ4v) is 1.73. The van der Waals surface area contributed by atoms with Gasteiger partial charge in [0, 0.05) is 11.9 Å². The van der Waals surface area contributed by atoms with E-state index >= 15 is 0 Å². The highest BCUT2D eigenvalue weighted by atomic mass is 16.1. The number of rotatable bonds is 4. The van der Waals surface area contributed by atoms with E-state index in [-0.39, 0.29) is 11.3 Å². The minimum absolute atomic E-state index is 0.0712. The molecule has 0 saturated heterocycles. The Bertz CT molecular complexity index is 584. The monoisotopic (exact) mass is 259 g/mol. The van der Waals surface area contributed by atoms with Gasteiger partial charge in [0.05, 0.1) is 5.52 Å². The van der Waals surface area contributed by atoms with Gasteiger partial charge in [-0.2, -0.15) is 5.10 Å². The fraction of sp³-hybridized carbons (Fsp3) is 0.467. The molecule has 4 nitrogen and oxygen atoms in total. The molecule has 0 saturated carbocycles. The molecule has 0 spiro atoms. The van der Waals surface area contributed by atoms with E-state index in [0.29, 0.717) is 18.2 Å². The number of hydrogen-bond acceptors (Lipinski definition) is 2. The Balaban J connectivity index is 2.13. The second kappa shape index (κ2) is 5.03. The predicted molar refractivity (Wildman–Crippen MR) is 77.0 cm³/mol. The van der Waals surface area contributed by atoms with Crippen molar-refractivity contribution in [2.24, 2.45) is 11.3 Å². The van der Waals surface area contributed by atoms with E-state index in [4.69, 9.17) is 0 Å². The number of amides is 1. The lowest BCUT2D eigenvalue weighted by Gasteiger charge is -2.29. The summed E-state index contributed by atoms with van der Waals surface area (Å²) in [6.07, 6.45) is 0. The van der Waals surface area contributed by atoms with Crippen LogP contribution in [0.2, 0.25) is 0 Å². The molecule has 2 aromatic rings. The zero-order chi connectivity index (χ0) is 14.0. The lowest BCUT2D eigenvalue weighted by Crippen LogP contribution is -2.37. The lowest BCUT2D eigenvalue weighted by atomic mass is 9.81. The van der Waals surface area contributed by atoms with Crippen LogP contribution in [0.5, 0.6) is 0 Å². The topological polar surface area (TPSA) is 57.8 Å². The van der Waals surface area contributed by atoms with Crippen molar-refractivity contribution in [1.29, 1.82) is 0 Å². The normalized spacial score (nSPS) is 12.1. The van der Waals surface area contributed by atoms with Crippen LogP contribution < -0.4 is 5.32 Å². The number of nitrogens with zero attached hydrogens (tertiary/aromatic N) is 1. The zero-order valence-corrected chi connectivity index (χ0v) is 11.9. The zero-order valence-electron chi connectivity index (χ0n) is 11.9. The van der Waals surface area contributed by atoms with Crippen molar-refractivity contribution >= 4 is 16.8 Å². The smallest absolute Gasteiger partial charge is 0.272 e. The number of para-hydroxylation sites is 1. The van der Waals surface area contributed by atoms with Gasteiger partial charge in [0.1, 0.15) is 0 Å². The van der Waals surface area contributed by atoms with Crippen LogP contribution in [0.15, 0.2) is 24.3 Å². The summed E-state index contributed by atoms with van der Waals surface area (Å²) < 4.78 is 0. The second-order valence-electron chi connectivity index (χ2n) is 5.94. The van der Waals surface area contributed by atoms with E-state index in [2.05, 4.69) is 43.2 Å². The van der Waals surface area contributed by atoms with Crippen molar-refractivity contribution in [3.63, 3.8) is 0 Å². The van der Waals surface area contributed by atoms with Crippen molar-refractivity contribution in [1.82, 2.24) is 15.5 Å². The molecule has 0 aliphatic rings. The summed E-state index contributed by atoms with van der Waals surface area (Å²) >= 11 is 0. The molecule has 2 rings (SSSR count). The molecular formula is C15H21N3O. The van der Waals surface area contributed by atoms with Gasteiger partial charge in [0.15, 0.2) is 5.69 Å². The van der Waals surface area contributed by atoms with Gasteiger partial charge in [-0.15, -0.1) is 0 Å². The van der Waals surface area contributed by atoms with E-state index in [1.807, 2.05) is 24.3 Å². The number of benzene rings is 1. The third kappa shape index (κ3) is 2.78. The first-order valence-corrected chi connectivity index (χ1v) is 6.63. The van der Waals surface area contributed by atoms with Crippen molar-refractivity contribution in [2.45, 2.75) is 27.7 Å². The molecule has 1 amide bonds. The third-order valence-electron chi connectivity index (χ3n) is 3.95. The number of nitrogens with one attached hydrogen (secondary N) is 2. The van der Waals surface area contributed by atoms with Gasteiger partial charge in [-0.3, -0.25) is 9.89 Å². The minimum atomic E-state index is -0.119. The van der Waals surface area contributed by atoms with Crippen LogP contribution in [0.25, 0.3) is 10.9 Å². The molecule has 0 bridgehead atoms. The standard InChI is InChI=1S/C15H21N3O/c1-10(2)15(3,4)9-16-14(19)13-11-7-5-6-8-12(11)17-18-13/h5-8,10H,9H2,1-4H3,(H,16,19)(H,17,18). The van der Waals surface area contributed by atoms with Crippen molar-refractivity contribution in [2.75, 3.05) is 6.54 Å². The van der Waals surface area contributed by atoms with Gasteiger partial charge in [-0.25, -0.2) is 0 Å². The molecule has 4 heteroatoms. The first-order valence-electron chi connectivity index (χ1n) is 6.63. The summed E-state index contributed by atoms with van der Waals surface area (Å²) in [7, 11) is 0. The number of H-pyrrole nitrogens is 1. The summed E-state index contributed by atoms with van der Waals surface area (Å²) in [5.74, 6) is 0.384. The first kappa shape index (κ1) is 13.6. The molecular weight excluding hydrogens is 238 g/mol. The predicted octanol–water partition coefficient (Wildman–Crippen LogP) is 2.97. The molecule has 1 aromatic heterocycles. The van der Waals surface area contributed by atoms with Gasteiger partial charge in [-0.05, 0) is 17.4 Å². The van der Waals surface area contributed by atoms with Crippen LogP contribution in [0, 0.1) is 11.3 Å². The van der Waals surface area contributed by atoms with Crippen molar-refractivity contribution < 1.29 is 4.79 Å². The maximum absolute atomic E-state index is 12.2. The first-order chi connectivity index (χ1) is 8.92. The average molecular weight is 259 g/mol. The highest BCUT2D eigenvalue weighted by Crippen LogP contribution is 2.25. The van der Waals surface area contributed by atoms with Gasteiger partial charge < -0.3 is 5.32 Å². The number of hydrogen-bond donors (Lipinski definition) is 2. The summed E-state index contributed by atoms with van der Waals surface area (Å²) in [5, 5.41) is 10.8. The van der Waals surface area contributed by atoms with Crippen LogP contribution in [0.1, 0.15) is 38.2 Å². The summed E-state index contributed by atoms with van der Waals surface area (Å²) in [5.41, 5.74) is 1.42. The maximum Gasteiger partial charge on any atom is 0.272 e. The number of fused-ring (bicyclic) bond motifs is 1. The van der Waals surface area contributed by atoms with Crippen molar-refractivity contribution in [3.05, 3.63) is 30.0 Å². The van der Waals surface area contributed by atoms with E-state index < -0.39 is 0 Å². The molecule has 0 unspecified atom stereocenters. The minimum Gasteiger partial charge on any atom is -0.350 e. The Hall–Kier alpha value is -1.84. The molecule has 0 fully saturated rings. The third-order valence-corrected chi connectivity index (χ3v) is 3.95. The van der Waals surface area contributed by atoms with Crippen LogP contribution in [0.3, 0.4) is 0 Å². The van der Waals surface area contributed by atoms with E-state index in [9.17, 15) is 4.79 Å². The average Bonchev–Trinajstić information content (AvgIpc) is 2.79. The van der Waals surface area contributed by atoms with E-state index in [1.165, 1.54) is 0 Å². The number of aromatic nitrogens is 2. The molecule has 0 aliphatic carbocycles. The van der Waals surface area contributed by atoms with Crippen LogP contribution in [-0.4, -0.2) is 22.6 Å². The van der Waals surface area contributed by atoms with Gasteiger partial charge in [0.2, 0.25) is 0 Å². The Morgan fingerprint density at radius 1 is 1.37 bits per heavy atom. The second-order valence-corrected chi connectivity index (χ2v) is 5.94. The molecule has 0 aliphatic heterocycles. The van der Waals surface area contributed by atoms with Crippen LogP contribution in [0.4, 0.5) is 0 Å². The molecule has 19 heavy (non-hydrogen) atoms. The van der Waals surface area contributed by atoms with Crippen molar-refractivity contribution in [3.8, 4) is 0 Å². The largest absolute Gasteiger partial charge is 0.350 e.